The standard InChI is InChI=1S/C17H26N2O2/c1-10-6-7-13(11(10)2)18-15-9-12(16(20)21)8-14(19-15)17(3,4)5/h8-11,13H,6-7H2,1-5H3,(H,18,19)(H,20,21). The van der Waals surface area contributed by atoms with Gasteiger partial charge in [0.15, 0.2) is 0 Å². The fourth-order valence-electron chi connectivity index (χ4n) is 2.87. The molecule has 0 radical (unpaired) electrons. The maximum atomic E-state index is 11.3. The zero-order valence-corrected chi connectivity index (χ0v) is 13.6. The molecule has 1 aliphatic rings. The molecule has 1 aliphatic carbocycles. The number of hydrogen-bond acceptors (Lipinski definition) is 3. The predicted octanol–water partition coefficient (Wildman–Crippen LogP) is 3.92. The van der Waals surface area contributed by atoms with E-state index >= 15 is 0 Å². The molecule has 3 atom stereocenters. The van der Waals surface area contributed by atoms with Crippen molar-refractivity contribution in [3.05, 3.63) is 23.4 Å². The zero-order chi connectivity index (χ0) is 15.8. The Bertz CT molecular complexity index is 534. The minimum atomic E-state index is -0.904. The van der Waals surface area contributed by atoms with E-state index in [1.54, 1.807) is 12.1 Å². The number of hydrogen-bond donors (Lipinski definition) is 2. The van der Waals surface area contributed by atoms with Gasteiger partial charge in [-0.25, -0.2) is 9.78 Å². The predicted molar refractivity (Wildman–Crippen MR) is 84.9 cm³/mol. The van der Waals surface area contributed by atoms with Gasteiger partial charge in [-0.3, -0.25) is 0 Å². The second-order valence-corrected chi connectivity index (χ2v) is 7.35. The summed E-state index contributed by atoms with van der Waals surface area (Å²) in [5.41, 5.74) is 0.941. The Morgan fingerprint density at radius 2 is 1.95 bits per heavy atom. The van der Waals surface area contributed by atoms with Gasteiger partial charge in [0.1, 0.15) is 5.82 Å². The van der Waals surface area contributed by atoms with Crippen LogP contribution in [-0.4, -0.2) is 22.1 Å². The maximum Gasteiger partial charge on any atom is 0.335 e. The van der Waals surface area contributed by atoms with Gasteiger partial charge in [-0.2, -0.15) is 0 Å². The van der Waals surface area contributed by atoms with E-state index in [0.717, 1.165) is 12.1 Å². The smallest absolute Gasteiger partial charge is 0.335 e. The van der Waals surface area contributed by atoms with Crippen LogP contribution in [0.2, 0.25) is 0 Å². The van der Waals surface area contributed by atoms with Gasteiger partial charge in [0, 0.05) is 17.2 Å². The molecule has 21 heavy (non-hydrogen) atoms. The van der Waals surface area contributed by atoms with Crippen LogP contribution in [0, 0.1) is 11.8 Å². The molecule has 0 aliphatic heterocycles. The van der Waals surface area contributed by atoms with E-state index in [9.17, 15) is 9.90 Å². The van der Waals surface area contributed by atoms with Crippen LogP contribution in [0.5, 0.6) is 0 Å². The van der Waals surface area contributed by atoms with Gasteiger partial charge in [-0.15, -0.1) is 0 Å². The third kappa shape index (κ3) is 3.55. The normalized spacial score (nSPS) is 25.9. The maximum absolute atomic E-state index is 11.3. The molecule has 1 aromatic rings. The Morgan fingerprint density at radius 1 is 1.29 bits per heavy atom. The molecule has 2 N–H and O–H groups in total. The molecule has 1 heterocycles. The van der Waals surface area contributed by atoms with Gasteiger partial charge in [0.25, 0.3) is 0 Å². The molecular formula is C17H26N2O2. The van der Waals surface area contributed by atoms with Gasteiger partial charge in [-0.1, -0.05) is 34.6 Å². The van der Waals surface area contributed by atoms with Crippen LogP contribution in [0.15, 0.2) is 12.1 Å². The van der Waals surface area contributed by atoms with Crippen molar-refractivity contribution in [3.63, 3.8) is 0 Å². The lowest BCUT2D eigenvalue weighted by atomic mass is 9.90. The number of nitrogens with zero attached hydrogens (tertiary/aromatic N) is 1. The number of carbonyl (C=O) groups is 1. The zero-order valence-electron chi connectivity index (χ0n) is 13.6. The van der Waals surface area contributed by atoms with E-state index < -0.39 is 5.97 Å². The highest BCUT2D eigenvalue weighted by Gasteiger charge is 2.30. The van der Waals surface area contributed by atoms with Crippen molar-refractivity contribution in [2.75, 3.05) is 5.32 Å². The molecule has 1 saturated carbocycles. The van der Waals surface area contributed by atoms with Crippen molar-refractivity contribution in [1.29, 1.82) is 0 Å². The van der Waals surface area contributed by atoms with Crippen molar-refractivity contribution in [3.8, 4) is 0 Å². The Labute approximate surface area is 127 Å². The van der Waals surface area contributed by atoms with Crippen LogP contribution >= 0.6 is 0 Å². The second-order valence-electron chi connectivity index (χ2n) is 7.35. The molecule has 0 bridgehead atoms. The average Bonchev–Trinajstić information content (AvgIpc) is 2.69. The van der Waals surface area contributed by atoms with E-state index in [1.165, 1.54) is 6.42 Å². The lowest BCUT2D eigenvalue weighted by molar-refractivity contribution is 0.0696. The van der Waals surface area contributed by atoms with Crippen LogP contribution in [0.25, 0.3) is 0 Å². The van der Waals surface area contributed by atoms with Crippen molar-refractivity contribution in [1.82, 2.24) is 4.98 Å². The third-order valence-corrected chi connectivity index (χ3v) is 4.64. The van der Waals surface area contributed by atoms with Gasteiger partial charge < -0.3 is 10.4 Å². The molecule has 0 saturated heterocycles. The summed E-state index contributed by atoms with van der Waals surface area (Å²) >= 11 is 0. The second kappa shape index (κ2) is 5.66. The average molecular weight is 290 g/mol. The molecule has 0 aromatic carbocycles. The summed E-state index contributed by atoms with van der Waals surface area (Å²) in [6.07, 6.45) is 2.33. The SMILES string of the molecule is CC1CCC(Nc2cc(C(=O)O)cc(C(C)(C)C)n2)C1C. The lowest BCUT2D eigenvalue weighted by Crippen LogP contribution is -2.25. The Morgan fingerprint density at radius 3 is 2.43 bits per heavy atom. The monoisotopic (exact) mass is 290 g/mol. The van der Waals surface area contributed by atoms with E-state index in [4.69, 9.17) is 0 Å². The molecule has 4 nitrogen and oxygen atoms in total. The number of anilines is 1. The largest absolute Gasteiger partial charge is 0.478 e. The molecule has 2 rings (SSSR count). The van der Waals surface area contributed by atoms with E-state index in [0.29, 0.717) is 29.3 Å². The van der Waals surface area contributed by atoms with E-state index in [1.807, 2.05) is 20.8 Å². The third-order valence-electron chi connectivity index (χ3n) is 4.64. The van der Waals surface area contributed by atoms with Crippen molar-refractivity contribution in [2.24, 2.45) is 11.8 Å². The van der Waals surface area contributed by atoms with E-state index in [2.05, 4.69) is 24.1 Å². The van der Waals surface area contributed by atoms with Crippen LogP contribution in [0.3, 0.4) is 0 Å². The number of nitrogens with one attached hydrogen (secondary N) is 1. The minimum absolute atomic E-state index is 0.170. The number of carboxylic acid groups (broad SMARTS) is 1. The summed E-state index contributed by atoms with van der Waals surface area (Å²) in [5, 5.41) is 12.8. The molecule has 4 heteroatoms. The first-order valence-electron chi connectivity index (χ1n) is 7.71. The molecule has 116 valence electrons. The summed E-state index contributed by atoms with van der Waals surface area (Å²) in [7, 11) is 0. The van der Waals surface area contributed by atoms with Crippen LogP contribution < -0.4 is 5.32 Å². The fraction of sp³-hybridized carbons (Fsp3) is 0.647. The first-order chi connectivity index (χ1) is 9.68. The topological polar surface area (TPSA) is 62.2 Å². The minimum Gasteiger partial charge on any atom is -0.478 e. The summed E-state index contributed by atoms with van der Waals surface area (Å²) in [6.45, 7) is 10.7. The first-order valence-corrected chi connectivity index (χ1v) is 7.71. The van der Waals surface area contributed by atoms with Crippen LogP contribution in [0.4, 0.5) is 5.82 Å². The lowest BCUT2D eigenvalue weighted by Gasteiger charge is -2.23. The summed E-state index contributed by atoms with van der Waals surface area (Å²) < 4.78 is 0. The molecule has 3 unspecified atom stereocenters. The summed E-state index contributed by atoms with van der Waals surface area (Å²) in [4.78, 5) is 16.0. The fourth-order valence-corrected chi connectivity index (χ4v) is 2.87. The van der Waals surface area contributed by atoms with Gasteiger partial charge in [0.05, 0.1) is 5.56 Å². The number of pyridine rings is 1. The highest BCUT2D eigenvalue weighted by atomic mass is 16.4. The number of rotatable bonds is 3. The summed E-state index contributed by atoms with van der Waals surface area (Å²) in [6, 6.07) is 3.70. The first kappa shape index (κ1) is 15.8. The molecule has 1 fully saturated rings. The molecule has 0 spiro atoms. The van der Waals surface area contributed by atoms with Crippen molar-refractivity contribution >= 4 is 11.8 Å². The van der Waals surface area contributed by atoms with Gasteiger partial charge in [0.2, 0.25) is 0 Å². The Hall–Kier alpha value is -1.58. The Balaban J connectivity index is 2.30. The van der Waals surface area contributed by atoms with Crippen LogP contribution in [-0.2, 0) is 5.41 Å². The molecule has 1 aromatic heterocycles. The molecule has 0 amide bonds. The van der Waals surface area contributed by atoms with Gasteiger partial charge >= 0.3 is 5.97 Å². The highest BCUT2D eigenvalue weighted by molar-refractivity contribution is 5.88. The van der Waals surface area contributed by atoms with Crippen LogP contribution in [0.1, 0.15) is 63.5 Å². The van der Waals surface area contributed by atoms with Crippen molar-refractivity contribution < 1.29 is 9.90 Å². The number of carboxylic acids is 1. The number of aromatic carboxylic acids is 1. The summed E-state index contributed by atoms with van der Waals surface area (Å²) in [5.74, 6) is 1.06. The quantitative estimate of drug-likeness (QED) is 0.885. The molecular weight excluding hydrogens is 264 g/mol. The van der Waals surface area contributed by atoms with Gasteiger partial charge in [-0.05, 0) is 36.8 Å². The Kier molecular flexibility index (Phi) is 4.26. The van der Waals surface area contributed by atoms with E-state index in [-0.39, 0.29) is 5.41 Å². The van der Waals surface area contributed by atoms with Crippen molar-refractivity contribution in [2.45, 2.75) is 58.9 Å². The highest BCUT2D eigenvalue weighted by Crippen LogP contribution is 2.33. The number of aromatic nitrogens is 1.